The number of amides is 1. The number of hydrogen-bond acceptors (Lipinski definition) is 5. The van der Waals surface area contributed by atoms with Gasteiger partial charge >= 0.3 is 0 Å². The van der Waals surface area contributed by atoms with Crippen molar-refractivity contribution >= 4 is 28.4 Å². The molecule has 4 rings (SSSR count). The van der Waals surface area contributed by atoms with E-state index in [2.05, 4.69) is 25.7 Å². The van der Waals surface area contributed by atoms with Crippen LogP contribution in [0, 0.1) is 5.92 Å². The standard InChI is InChI=1S/C18H20N6O/c1-24-10-15-16(20-11-21-17(15)23-24)19-9-12-4-2-7-14(8-12)22-18(25)13-5-3-6-13/h2,4,7-8,10-11,13H,3,5-6,9H2,1H3,(H,22,25)(H,19,20,21,23). The molecule has 1 fully saturated rings. The molecule has 0 spiro atoms. The zero-order chi connectivity index (χ0) is 17.2. The van der Waals surface area contributed by atoms with Crippen molar-refractivity contribution in [3.8, 4) is 0 Å². The van der Waals surface area contributed by atoms with Gasteiger partial charge in [0.25, 0.3) is 0 Å². The molecule has 0 aliphatic heterocycles. The van der Waals surface area contributed by atoms with Crippen LogP contribution in [0.4, 0.5) is 11.5 Å². The molecule has 0 radical (unpaired) electrons. The summed E-state index contributed by atoms with van der Waals surface area (Å²) in [4.78, 5) is 20.5. The summed E-state index contributed by atoms with van der Waals surface area (Å²) in [6, 6.07) is 7.88. The maximum absolute atomic E-state index is 12.1. The Kier molecular flexibility index (Phi) is 4.05. The van der Waals surface area contributed by atoms with Crippen molar-refractivity contribution in [3.63, 3.8) is 0 Å². The molecule has 7 heteroatoms. The third kappa shape index (κ3) is 3.31. The number of carbonyl (C=O) groups is 1. The fraction of sp³-hybridized carbons (Fsp3) is 0.333. The van der Waals surface area contributed by atoms with Crippen LogP contribution in [0.25, 0.3) is 11.0 Å². The van der Waals surface area contributed by atoms with E-state index >= 15 is 0 Å². The van der Waals surface area contributed by atoms with Gasteiger partial charge in [-0.05, 0) is 30.5 Å². The number of hydrogen-bond donors (Lipinski definition) is 2. The SMILES string of the molecule is Cn1cc2c(NCc3cccc(NC(=O)C4CCC4)c3)ncnc2n1. The topological polar surface area (TPSA) is 84.7 Å². The van der Waals surface area contributed by atoms with Gasteiger partial charge in [0, 0.05) is 31.4 Å². The van der Waals surface area contributed by atoms with Gasteiger partial charge in [-0.3, -0.25) is 9.48 Å². The number of carbonyl (C=O) groups excluding carboxylic acids is 1. The molecular formula is C18H20N6O. The second kappa shape index (κ2) is 6.51. The first-order valence-corrected chi connectivity index (χ1v) is 8.47. The minimum absolute atomic E-state index is 0.129. The number of rotatable bonds is 5. The molecule has 1 aromatic carbocycles. The van der Waals surface area contributed by atoms with Crippen LogP contribution < -0.4 is 10.6 Å². The van der Waals surface area contributed by atoms with Crippen molar-refractivity contribution < 1.29 is 4.79 Å². The second-order valence-corrected chi connectivity index (χ2v) is 6.43. The molecule has 0 saturated heterocycles. The highest BCUT2D eigenvalue weighted by Crippen LogP contribution is 2.27. The van der Waals surface area contributed by atoms with Crippen LogP contribution in [-0.2, 0) is 18.4 Å². The van der Waals surface area contributed by atoms with E-state index in [1.807, 2.05) is 37.5 Å². The third-order valence-electron chi connectivity index (χ3n) is 4.56. The predicted octanol–water partition coefficient (Wildman–Crippen LogP) is 2.71. The van der Waals surface area contributed by atoms with Crippen molar-refractivity contribution in [1.82, 2.24) is 19.7 Å². The summed E-state index contributed by atoms with van der Waals surface area (Å²) in [5.41, 5.74) is 2.58. The summed E-state index contributed by atoms with van der Waals surface area (Å²) in [6.07, 6.45) is 6.56. The van der Waals surface area contributed by atoms with E-state index in [-0.39, 0.29) is 11.8 Å². The lowest BCUT2D eigenvalue weighted by atomic mass is 9.85. The van der Waals surface area contributed by atoms with Crippen molar-refractivity contribution in [2.45, 2.75) is 25.8 Å². The highest BCUT2D eigenvalue weighted by Gasteiger charge is 2.25. The quantitative estimate of drug-likeness (QED) is 0.748. The molecule has 1 aliphatic carbocycles. The number of anilines is 2. The number of benzene rings is 1. The smallest absolute Gasteiger partial charge is 0.227 e. The molecule has 3 aromatic rings. The molecule has 1 saturated carbocycles. The van der Waals surface area contributed by atoms with E-state index in [1.165, 1.54) is 6.33 Å². The predicted molar refractivity (Wildman–Crippen MR) is 96.0 cm³/mol. The summed E-state index contributed by atoms with van der Waals surface area (Å²) in [5.74, 6) is 1.06. The Labute approximate surface area is 145 Å². The van der Waals surface area contributed by atoms with E-state index in [9.17, 15) is 4.79 Å². The Hall–Kier alpha value is -2.96. The van der Waals surface area contributed by atoms with Crippen molar-refractivity contribution in [2.24, 2.45) is 13.0 Å². The monoisotopic (exact) mass is 336 g/mol. The lowest BCUT2D eigenvalue weighted by molar-refractivity contribution is -0.122. The number of nitrogens with one attached hydrogen (secondary N) is 2. The Morgan fingerprint density at radius 3 is 3.00 bits per heavy atom. The number of nitrogens with zero attached hydrogens (tertiary/aromatic N) is 4. The Morgan fingerprint density at radius 1 is 1.32 bits per heavy atom. The van der Waals surface area contributed by atoms with Gasteiger partial charge in [0.05, 0.1) is 5.39 Å². The average Bonchev–Trinajstić information content (AvgIpc) is 2.92. The first-order chi connectivity index (χ1) is 12.2. The van der Waals surface area contributed by atoms with Crippen LogP contribution in [0.3, 0.4) is 0 Å². The van der Waals surface area contributed by atoms with Gasteiger partial charge in [-0.25, -0.2) is 9.97 Å². The van der Waals surface area contributed by atoms with Crippen LogP contribution in [0.1, 0.15) is 24.8 Å². The van der Waals surface area contributed by atoms with Crippen LogP contribution in [0.5, 0.6) is 0 Å². The van der Waals surface area contributed by atoms with E-state index in [1.54, 1.807) is 4.68 Å². The number of fused-ring (bicyclic) bond motifs is 1. The molecule has 2 N–H and O–H groups in total. The van der Waals surface area contributed by atoms with Crippen molar-refractivity contribution in [1.29, 1.82) is 0 Å². The lowest BCUT2D eigenvalue weighted by Gasteiger charge is -2.24. The zero-order valence-corrected chi connectivity index (χ0v) is 14.1. The maximum atomic E-state index is 12.1. The summed E-state index contributed by atoms with van der Waals surface area (Å²) >= 11 is 0. The highest BCUT2D eigenvalue weighted by atomic mass is 16.1. The molecular weight excluding hydrogens is 316 g/mol. The van der Waals surface area contributed by atoms with Crippen molar-refractivity contribution in [3.05, 3.63) is 42.4 Å². The number of aromatic nitrogens is 4. The normalized spacial score (nSPS) is 14.3. The van der Waals surface area contributed by atoms with E-state index in [0.717, 1.165) is 41.7 Å². The van der Waals surface area contributed by atoms with Gasteiger partial charge in [-0.15, -0.1) is 0 Å². The fourth-order valence-electron chi connectivity index (χ4n) is 2.95. The van der Waals surface area contributed by atoms with Gasteiger partial charge in [0.2, 0.25) is 5.91 Å². The van der Waals surface area contributed by atoms with Gasteiger partial charge in [-0.2, -0.15) is 5.10 Å². The Balaban J connectivity index is 1.45. The van der Waals surface area contributed by atoms with Crippen LogP contribution in [0.2, 0.25) is 0 Å². The highest BCUT2D eigenvalue weighted by molar-refractivity contribution is 5.93. The molecule has 7 nitrogen and oxygen atoms in total. The first-order valence-electron chi connectivity index (χ1n) is 8.47. The van der Waals surface area contributed by atoms with Gasteiger partial charge in [0.15, 0.2) is 5.65 Å². The molecule has 25 heavy (non-hydrogen) atoms. The second-order valence-electron chi connectivity index (χ2n) is 6.43. The first kappa shape index (κ1) is 15.6. The summed E-state index contributed by atoms with van der Waals surface area (Å²) in [7, 11) is 1.86. The molecule has 2 aromatic heterocycles. The van der Waals surface area contributed by atoms with E-state index < -0.39 is 0 Å². The van der Waals surface area contributed by atoms with Gasteiger partial charge < -0.3 is 10.6 Å². The zero-order valence-electron chi connectivity index (χ0n) is 14.1. The summed E-state index contributed by atoms with van der Waals surface area (Å²) < 4.78 is 1.72. The average molecular weight is 336 g/mol. The fourth-order valence-corrected chi connectivity index (χ4v) is 2.95. The molecule has 2 heterocycles. The largest absolute Gasteiger partial charge is 0.365 e. The lowest BCUT2D eigenvalue weighted by Crippen LogP contribution is -2.28. The van der Waals surface area contributed by atoms with Crippen molar-refractivity contribution in [2.75, 3.05) is 10.6 Å². The maximum Gasteiger partial charge on any atom is 0.227 e. The third-order valence-corrected chi connectivity index (χ3v) is 4.56. The minimum atomic E-state index is 0.129. The van der Waals surface area contributed by atoms with Crippen LogP contribution in [0.15, 0.2) is 36.8 Å². The van der Waals surface area contributed by atoms with Gasteiger partial charge in [0.1, 0.15) is 12.1 Å². The van der Waals surface area contributed by atoms with Crippen LogP contribution in [-0.4, -0.2) is 25.7 Å². The van der Waals surface area contributed by atoms with E-state index in [4.69, 9.17) is 0 Å². The molecule has 0 unspecified atom stereocenters. The summed E-state index contributed by atoms with van der Waals surface area (Å²) in [5, 5.41) is 11.5. The molecule has 1 aliphatic rings. The minimum Gasteiger partial charge on any atom is -0.365 e. The summed E-state index contributed by atoms with van der Waals surface area (Å²) in [6.45, 7) is 0.605. The molecule has 0 bridgehead atoms. The number of aryl methyl sites for hydroxylation is 1. The Bertz CT molecular complexity index is 915. The molecule has 0 atom stereocenters. The van der Waals surface area contributed by atoms with Crippen LogP contribution >= 0.6 is 0 Å². The molecule has 1 amide bonds. The Morgan fingerprint density at radius 2 is 2.20 bits per heavy atom. The van der Waals surface area contributed by atoms with Gasteiger partial charge in [-0.1, -0.05) is 18.6 Å². The van der Waals surface area contributed by atoms with E-state index in [0.29, 0.717) is 12.2 Å². The molecule has 128 valence electrons.